The molecular weight excluding hydrogens is 372 g/mol. The van der Waals surface area contributed by atoms with Crippen LogP contribution in [0.25, 0.3) is 38.8 Å². The summed E-state index contributed by atoms with van der Waals surface area (Å²) in [5.41, 5.74) is 7.14. The fourth-order valence-electron chi connectivity index (χ4n) is 4.39. The highest BCUT2D eigenvalue weighted by atomic mass is 16.3. The highest BCUT2D eigenvalue weighted by Gasteiger charge is 2.21. The number of nitrogens with zero attached hydrogens (tertiary/aromatic N) is 4. The quantitative estimate of drug-likeness (QED) is 0.377. The molecule has 2 aromatic carbocycles. The molecule has 0 aliphatic carbocycles. The first-order valence-electron chi connectivity index (χ1n) is 10.3. The number of hydrogen-bond acceptors (Lipinski definition) is 4. The first-order chi connectivity index (χ1) is 14.5. The molecule has 0 amide bonds. The Morgan fingerprint density at radius 3 is 2.20 bits per heavy atom. The second-order valence-corrected chi connectivity index (χ2v) is 8.38. The average Bonchev–Trinajstić information content (AvgIpc) is 3.18. The topological polar surface area (TPSA) is 63.3 Å². The number of benzene rings is 2. The Hall–Kier alpha value is -3.47. The maximum absolute atomic E-state index is 10.1. The molecule has 5 heteroatoms. The van der Waals surface area contributed by atoms with Crippen molar-refractivity contribution in [2.24, 2.45) is 0 Å². The lowest BCUT2D eigenvalue weighted by molar-refractivity contribution is 0.476. The van der Waals surface area contributed by atoms with Gasteiger partial charge in [-0.2, -0.15) is 0 Å². The molecule has 0 saturated heterocycles. The van der Waals surface area contributed by atoms with E-state index in [4.69, 9.17) is 4.98 Å². The summed E-state index contributed by atoms with van der Waals surface area (Å²) in [6.07, 6.45) is 5.36. The third-order valence-corrected chi connectivity index (χ3v) is 5.78. The van der Waals surface area contributed by atoms with E-state index in [9.17, 15) is 5.11 Å². The van der Waals surface area contributed by atoms with Crippen LogP contribution in [-0.4, -0.2) is 24.5 Å². The molecule has 0 radical (unpaired) electrons. The molecule has 0 bridgehead atoms. The normalized spacial score (nSPS) is 12.1. The summed E-state index contributed by atoms with van der Waals surface area (Å²) in [4.78, 5) is 14.1. The molecule has 0 saturated carbocycles. The maximum atomic E-state index is 10.1. The smallest absolute Gasteiger partial charge is 0.165 e. The number of aromatic nitrogens is 4. The van der Waals surface area contributed by atoms with Crippen LogP contribution in [-0.2, 0) is 0 Å². The van der Waals surface area contributed by atoms with E-state index in [1.54, 1.807) is 24.5 Å². The predicted molar refractivity (Wildman–Crippen MR) is 121 cm³/mol. The molecule has 0 aliphatic heterocycles. The minimum atomic E-state index is 0.211. The fourth-order valence-corrected chi connectivity index (χ4v) is 4.39. The molecule has 30 heavy (non-hydrogen) atoms. The van der Waals surface area contributed by atoms with Gasteiger partial charge in [-0.3, -0.25) is 9.38 Å². The molecule has 5 rings (SSSR count). The second-order valence-electron chi connectivity index (χ2n) is 8.38. The summed E-state index contributed by atoms with van der Waals surface area (Å²) < 4.78 is 2.09. The Kier molecular flexibility index (Phi) is 4.21. The zero-order valence-corrected chi connectivity index (χ0v) is 17.6. The number of pyridine rings is 1. The SMILES string of the molecule is CC(C)c1cccc(C(C)C)c1-c1cnc2c3cc(O)ccc3c3nccnc3n12. The number of rotatable bonds is 3. The van der Waals surface area contributed by atoms with Crippen molar-refractivity contribution >= 4 is 27.6 Å². The van der Waals surface area contributed by atoms with Gasteiger partial charge >= 0.3 is 0 Å². The molecule has 0 spiro atoms. The lowest BCUT2D eigenvalue weighted by Crippen LogP contribution is -2.03. The largest absolute Gasteiger partial charge is 0.508 e. The van der Waals surface area contributed by atoms with E-state index in [0.717, 1.165) is 33.3 Å². The van der Waals surface area contributed by atoms with E-state index in [1.165, 1.54) is 16.7 Å². The zero-order valence-electron chi connectivity index (χ0n) is 17.6. The van der Waals surface area contributed by atoms with E-state index in [0.29, 0.717) is 11.8 Å². The molecule has 0 fully saturated rings. The Bertz CT molecular complexity index is 1390. The summed E-state index contributed by atoms with van der Waals surface area (Å²) >= 11 is 0. The Balaban J connectivity index is 2.01. The molecule has 1 N–H and O–H groups in total. The molecule has 3 aromatic heterocycles. The fraction of sp³-hybridized carbons (Fsp3) is 0.240. The lowest BCUT2D eigenvalue weighted by Gasteiger charge is -2.20. The van der Waals surface area contributed by atoms with Gasteiger partial charge in [-0.05, 0) is 41.2 Å². The number of phenolic OH excluding ortho intramolecular Hbond substituents is 1. The summed E-state index contributed by atoms with van der Waals surface area (Å²) in [5, 5.41) is 11.9. The van der Waals surface area contributed by atoms with E-state index >= 15 is 0 Å². The second kappa shape index (κ2) is 6.80. The Labute approximate surface area is 175 Å². The molecule has 150 valence electrons. The first-order valence-corrected chi connectivity index (χ1v) is 10.3. The van der Waals surface area contributed by atoms with Crippen LogP contribution in [0.15, 0.2) is 55.0 Å². The third-order valence-electron chi connectivity index (χ3n) is 5.78. The zero-order chi connectivity index (χ0) is 21.0. The van der Waals surface area contributed by atoms with E-state index in [-0.39, 0.29) is 5.75 Å². The van der Waals surface area contributed by atoms with Gasteiger partial charge in [0, 0.05) is 28.7 Å². The highest BCUT2D eigenvalue weighted by molar-refractivity contribution is 6.10. The first kappa shape index (κ1) is 18.6. The number of hydrogen-bond donors (Lipinski definition) is 1. The molecule has 3 heterocycles. The van der Waals surface area contributed by atoms with Crippen LogP contribution in [0.2, 0.25) is 0 Å². The van der Waals surface area contributed by atoms with Crippen molar-refractivity contribution in [1.29, 1.82) is 0 Å². The van der Waals surface area contributed by atoms with Crippen molar-refractivity contribution in [2.45, 2.75) is 39.5 Å². The van der Waals surface area contributed by atoms with Crippen molar-refractivity contribution in [3.05, 3.63) is 66.1 Å². The van der Waals surface area contributed by atoms with Crippen molar-refractivity contribution < 1.29 is 5.11 Å². The van der Waals surface area contributed by atoms with Crippen molar-refractivity contribution in [3.63, 3.8) is 0 Å². The van der Waals surface area contributed by atoms with Gasteiger partial charge in [-0.25, -0.2) is 9.97 Å². The average molecular weight is 396 g/mol. The van der Waals surface area contributed by atoms with Crippen molar-refractivity contribution in [1.82, 2.24) is 19.4 Å². The maximum Gasteiger partial charge on any atom is 0.165 e. The summed E-state index contributed by atoms with van der Waals surface area (Å²) in [7, 11) is 0. The van der Waals surface area contributed by atoms with Gasteiger partial charge in [-0.1, -0.05) is 45.9 Å². The van der Waals surface area contributed by atoms with Gasteiger partial charge in [0.2, 0.25) is 0 Å². The monoisotopic (exact) mass is 396 g/mol. The highest BCUT2D eigenvalue weighted by Crippen LogP contribution is 2.39. The predicted octanol–water partition coefficient (Wildman–Crippen LogP) is 6.05. The lowest BCUT2D eigenvalue weighted by atomic mass is 9.87. The van der Waals surface area contributed by atoms with Crippen molar-refractivity contribution in [2.75, 3.05) is 0 Å². The molecule has 0 aliphatic rings. The van der Waals surface area contributed by atoms with Crippen LogP contribution in [0.3, 0.4) is 0 Å². The minimum Gasteiger partial charge on any atom is -0.508 e. The molecule has 0 atom stereocenters. The number of aromatic hydroxyl groups is 1. The standard InChI is InChI=1S/C25H24N4O/c1-14(2)17-6-5-7-18(15(3)4)22(17)21-13-28-24-20-12-16(30)8-9-19(20)23-25(29(21)24)27-11-10-26-23/h5-15,30H,1-4H3. The molecule has 5 aromatic rings. The van der Waals surface area contributed by atoms with Gasteiger partial charge in [0.1, 0.15) is 16.9 Å². The van der Waals surface area contributed by atoms with Gasteiger partial charge in [0.05, 0.1) is 11.9 Å². The van der Waals surface area contributed by atoms with Gasteiger partial charge in [0.15, 0.2) is 5.65 Å². The van der Waals surface area contributed by atoms with E-state index in [1.807, 2.05) is 12.3 Å². The minimum absolute atomic E-state index is 0.211. The number of fused-ring (bicyclic) bond motifs is 6. The van der Waals surface area contributed by atoms with Gasteiger partial charge < -0.3 is 5.11 Å². The van der Waals surface area contributed by atoms with Crippen LogP contribution >= 0.6 is 0 Å². The Morgan fingerprint density at radius 1 is 0.800 bits per heavy atom. The summed E-state index contributed by atoms with van der Waals surface area (Å²) in [5.74, 6) is 0.944. The third kappa shape index (κ3) is 2.65. The van der Waals surface area contributed by atoms with E-state index < -0.39 is 0 Å². The molecule has 5 nitrogen and oxygen atoms in total. The van der Waals surface area contributed by atoms with Crippen LogP contribution < -0.4 is 0 Å². The molecular formula is C25H24N4O. The summed E-state index contributed by atoms with van der Waals surface area (Å²) in [6, 6.07) is 11.9. The van der Waals surface area contributed by atoms with Crippen LogP contribution in [0.4, 0.5) is 0 Å². The molecule has 0 unspecified atom stereocenters. The number of phenols is 1. The van der Waals surface area contributed by atoms with Crippen molar-refractivity contribution in [3.8, 4) is 17.0 Å². The van der Waals surface area contributed by atoms with Crippen LogP contribution in [0, 0.1) is 0 Å². The van der Waals surface area contributed by atoms with Gasteiger partial charge in [-0.15, -0.1) is 0 Å². The van der Waals surface area contributed by atoms with Crippen LogP contribution in [0.5, 0.6) is 5.75 Å². The van der Waals surface area contributed by atoms with Gasteiger partial charge in [0.25, 0.3) is 0 Å². The Morgan fingerprint density at radius 2 is 1.50 bits per heavy atom. The van der Waals surface area contributed by atoms with Crippen LogP contribution in [0.1, 0.15) is 50.7 Å². The van der Waals surface area contributed by atoms with E-state index in [2.05, 4.69) is 60.3 Å². The summed E-state index contributed by atoms with van der Waals surface area (Å²) in [6.45, 7) is 8.88. The number of imidazole rings is 1.